The monoisotopic (exact) mass is 200 g/mol. The highest BCUT2D eigenvalue weighted by atomic mass is 32.5. The van der Waals surface area contributed by atoms with E-state index < -0.39 is 21.4 Å². The van der Waals surface area contributed by atoms with E-state index in [0.717, 1.165) is 0 Å². The van der Waals surface area contributed by atoms with Gasteiger partial charge in [-0.05, 0) is 6.92 Å². The highest BCUT2D eigenvalue weighted by molar-refractivity contribution is 8.46. The zero-order valence-corrected chi connectivity index (χ0v) is 6.05. The van der Waals surface area contributed by atoms with Crippen LogP contribution in [0.5, 0.6) is 0 Å². The molecule has 70 valence electrons. The lowest BCUT2D eigenvalue weighted by molar-refractivity contribution is -0.136. The summed E-state index contributed by atoms with van der Waals surface area (Å²) < 4.78 is 57.4. The Labute approximate surface area is 58.7 Å². The summed E-state index contributed by atoms with van der Waals surface area (Å²) >= 11 is 0. The molecule has 0 saturated carbocycles. The summed E-state index contributed by atoms with van der Waals surface area (Å²) in [4.78, 5) is 9.59. The Balaban J connectivity index is 5.02. The number of halogens is 5. The van der Waals surface area contributed by atoms with E-state index >= 15 is 0 Å². The minimum Gasteiger partial charge on any atom is -0.480 e. The topological polar surface area (TPSA) is 37.3 Å². The van der Waals surface area contributed by atoms with Crippen LogP contribution < -0.4 is 0 Å². The zero-order chi connectivity index (χ0) is 9.56. The molecule has 0 aromatic rings. The van der Waals surface area contributed by atoms with Gasteiger partial charge in [0, 0.05) is 0 Å². The van der Waals surface area contributed by atoms with Gasteiger partial charge in [0.15, 0.2) is 5.25 Å². The average Bonchev–Trinajstić information content (AvgIpc) is 1.57. The number of carboxylic acids is 1. The fraction of sp³-hybridized carbons (Fsp3) is 0.667. The lowest BCUT2D eigenvalue weighted by Crippen LogP contribution is -2.29. The van der Waals surface area contributed by atoms with Crippen LogP contribution in [-0.2, 0) is 4.79 Å². The highest BCUT2D eigenvalue weighted by Gasteiger charge is 2.71. The third kappa shape index (κ3) is 2.91. The van der Waals surface area contributed by atoms with Crippen LogP contribution in [0.25, 0.3) is 0 Å². The van der Waals surface area contributed by atoms with Crippen molar-refractivity contribution in [1.82, 2.24) is 0 Å². The number of hydrogen-bond donors (Lipinski definition) is 1. The van der Waals surface area contributed by atoms with Crippen molar-refractivity contribution in [2.24, 2.45) is 0 Å². The quantitative estimate of drug-likeness (QED) is 0.696. The van der Waals surface area contributed by atoms with Crippen LogP contribution >= 0.6 is 10.2 Å². The van der Waals surface area contributed by atoms with Crippen molar-refractivity contribution in [3.8, 4) is 0 Å². The Hall–Kier alpha value is -0.530. The van der Waals surface area contributed by atoms with Crippen LogP contribution in [0.1, 0.15) is 6.92 Å². The Morgan fingerprint density at radius 3 is 1.55 bits per heavy atom. The molecule has 0 heterocycles. The molecule has 11 heavy (non-hydrogen) atoms. The minimum atomic E-state index is -9.81. The van der Waals surface area contributed by atoms with E-state index in [1.54, 1.807) is 0 Å². The number of carbonyl (C=O) groups is 1. The first-order valence-electron chi connectivity index (χ1n) is 2.30. The Bertz CT molecular complexity index is 191. The molecule has 1 atom stereocenters. The van der Waals surface area contributed by atoms with Gasteiger partial charge in [-0.25, -0.2) is 0 Å². The normalized spacial score (nSPS) is 21.6. The van der Waals surface area contributed by atoms with E-state index in [-0.39, 0.29) is 6.92 Å². The van der Waals surface area contributed by atoms with Crippen molar-refractivity contribution in [3.05, 3.63) is 0 Å². The van der Waals surface area contributed by atoms with Crippen LogP contribution in [0.3, 0.4) is 0 Å². The Kier molecular flexibility index (Phi) is 1.54. The number of carboxylic acid groups (broad SMARTS) is 1. The Morgan fingerprint density at radius 2 is 1.55 bits per heavy atom. The zero-order valence-electron chi connectivity index (χ0n) is 5.23. The predicted molar refractivity (Wildman–Crippen MR) is 30.2 cm³/mol. The van der Waals surface area contributed by atoms with E-state index in [1.807, 2.05) is 0 Å². The van der Waals surface area contributed by atoms with Crippen molar-refractivity contribution < 1.29 is 29.3 Å². The summed E-state index contributed by atoms with van der Waals surface area (Å²) in [6.07, 6.45) is 0. The second kappa shape index (κ2) is 1.62. The van der Waals surface area contributed by atoms with Crippen LogP contribution in [0.4, 0.5) is 19.4 Å². The summed E-state index contributed by atoms with van der Waals surface area (Å²) in [6, 6.07) is 0. The average molecular weight is 200 g/mol. The molecule has 0 spiro atoms. The molecule has 0 aromatic heterocycles. The van der Waals surface area contributed by atoms with Gasteiger partial charge in [0.2, 0.25) is 0 Å². The van der Waals surface area contributed by atoms with Crippen LogP contribution in [0.2, 0.25) is 0 Å². The van der Waals surface area contributed by atoms with Crippen molar-refractivity contribution in [1.29, 1.82) is 0 Å². The SMILES string of the molecule is CC(C(=O)O)S(F)(F)(F)(F)F. The van der Waals surface area contributed by atoms with Gasteiger partial charge < -0.3 is 5.11 Å². The van der Waals surface area contributed by atoms with E-state index in [2.05, 4.69) is 0 Å². The molecule has 0 amide bonds. The minimum absolute atomic E-state index is 0.0795. The molecule has 0 radical (unpaired) electrons. The molecule has 8 heteroatoms. The van der Waals surface area contributed by atoms with E-state index in [4.69, 9.17) is 5.11 Å². The van der Waals surface area contributed by atoms with Crippen molar-refractivity contribution in [2.45, 2.75) is 12.2 Å². The number of aliphatic carboxylic acids is 1. The first-order valence-corrected chi connectivity index (χ1v) is 4.32. The number of hydrogen-bond acceptors (Lipinski definition) is 1. The molecule has 0 aromatic carbocycles. The maximum absolute atomic E-state index is 11.5. The molecule has 2 nitrogen and oxygen atoms in total. The van der Waals surface area contributed by atoms with Gasteiger partial charge >= 0.3 is 5.97 Å². The Morgan fingerprint density at radius 1 is 1.27 bits per heavy atom. The maximum atomic E-state index is 11.5. The van der Waals surface area contributed by atoms with Gasteiger partial charge in [-0.2, -0.15) is 0 Å². The van der Waals surface area contributed by atoms with Crippen molar-refractivity contribution in [3.63, 3.8) is 0 Å². The predicted octanol–water partition coefficient (Wildman–Crippen LogP) is 2.76. The molecule has 0 fully saturated rings. The van der Waals surface area contributed by atoms with Crippen molar-refractivity contribution in [2.75, 3.05) is 0 Å². The van der Waals surface area contributed by atoms with Gasteiger partial charge in [0.25, 0.3) is 10.2 Å². The highest BCUT2D eigenvalue weighted by Crippen LogP contribution is 3.00. The van der Waals surface area contributed by atoms with Gasteiger partial charge in [-0.15, -0.1) is 0 Å². The second-order valence-corrected chi connectivity index (χ2v) is 4.77. The molecule has 0 rings (SSSR count). The molecular weight excluding hydrogens is 195 g/mol. The molecular formula is C3H5F5O2S. The maximum Gasteiger partial charge on any atom is 0.325 e. The fourth-order valence-electron chi connectivity index (χ4n) is 0.191. The summed E-state index contributed by atoms with van der Waals surface area (Å²) in [5.74, 6) is -2.57. The largest absolute Gasteiger partial charge is 0.480 e. The van der Waals surface area contributed by atoms with E-state index in [9.17, 15) is 24.2 Å². The third-order valence-corrected chi connectivity index (χ3v) is 2.55. The van der Waals surface area contributed by atoms with Gasteiger partial charge in [0.1, 0.15) is 0 Å². The molecule has 0 saturated heterocycles. The van der Waals surface area contributed by atoms with E-state index in [1.165, 1.54) is 0 Å². The van der Waals surface area contributed by atoms with Gasteiger partial charge in [-0.3, -0.25) is 4.79 Å². The molecule has 1 unspecified atom stereocenters. The summed E-state index contributed by atoms with van der Waals surface area (Å²) in [5.41, 5.74) is 0. The lowest BCUT2D eigenvalue weighted by Gasteiger charge is -2.43. The van der Waals surface area contributed by atoms with Crippen LogP contribution in [0.15, 0.2) is 0 Å². The fourth-order valence-corrected chi connectivity index (χ4v) is 0.572. The van der Waals surface area contributed by atoms with Crippen LogP contribution in [0, 0.1) is 0 Å². The van der Waals surface area contributed by atoms with Crippen LogP contribution in [-0.4, -0.2) is 16.3 Å². The molecule has 1 N–H and O–H groups in total. The smallest absolute Gasteiger partial charge is 0.325 e. The standard InChI is InChI=1S/C3H5F5O2S/c1-2(3(9)10)11(4,5,6,7)8/h2H,1H3,(H,9,10). The first-order chi connectivity index (χ1) is 4.34. The second-order valence-electron chi connectivity index (χ2n) is 2.01. The molecule has 0 aliphatic rings. The van der Waals surface area contributed by atoms with E-state index in [0.29, 0.717) is 0 Å². The number of rotatable bonds is 2. The van der Waals surface area contributed by atoms with Crippen molar-refractivity contribution >= 4 is 16.2 Å². The summed E-state index contributed by atoms with van der Waals surface area (Å²) in [5, 5.41) is 4.09. The lowest BCUT2D eigenvalue weighted by atomic mass is 10.5. The molecule has 0 aliphatic carbocycles. The summed E-state index contributed by atoms with van der Waals surface area (Å²) in [6.45, 7) is -0.0795. The van der Waals surface area contributed by atoms with Gasteiger partial charge in [0.05, 0.1) is 0 Å². The molecule has 0 aliphatic heterocycles. The first kappa shape index (κ1) is 10.5. The third-order valence-electron chi connectivity index (χ3n) is 1.02. The van der Waals surface area contributed by atoms with Gasteiger partial charge in [-0.1, -0.05) is 19.4 Å². The summed E-state index contributed by atoms with van der Waals surface area (Å²) in [7, 11) is -9.81. The molecule has 0 bridgehead atoms.